The third-order valence-corrected chi connectivity index (χ3v) is 10.5. The Labute approximate surface area is 177 Å². The van der Waals surface area contributed by atoms with Gasteiger partial charge in [0.05, 0.1) is 13.2 Å². The second-order valence-corrected chi connectivity index (χ2v) is 11.7. The molecular weight excluding hydrogens is 362 g/mol. The molecule has 10 atom stereocenters. The Balaban J connectivity index is 1.53. The van der Waals surface area contributed by atoms with Crippen LogP contribution in [0.15, 0.2) is 0 Å². The Morgan fingerprint density at radius 2 is 1.79 bits per heavy atom. The van der Waals surface area contributed by atoms with Crippen molar-refractivity contribution in [3.05, 3.63) is 0 Å². The average Bonchev–Trinajstić information content (AvgIpc) is 3.04. The summed E-state index contributed by atoms with van der Waals surface area (Å²) in [5, 5.41) is 11.3. The number of ether oxygens (including phenoxy) is 1. The fraction of sp³-hybridized carbons (Fsp3) is 0.960. The highest BCUT2D eigenvalue weighted by Crippen LogP contribution is 2.68. The first-order valence-electron chi connectivity index (χ1n) is 12.2. The Bertz CT molecular complexity index is 623. The molecule has 4 heteroatoms. The van der Waals surface area contributed by atoms with Gasteiger partial charge in [-0.1, -0.05) is 20.8 Å². The van der Waals surface area contributed by atoms with Gasteiger partial charge in [-0.3, -0.25) is 4.79 Å². The molecule has 4 rings (SSSR count). The highest BCUT2D eigenvalue weighted by Gasteiger charge is 2.62. The first-order chi connectivity index (χ1) is 13.7. The molecule has 4 saturated carbocycles. The number of carbonyl (C=O) groups excluding carboxylic acids is 1. The molecule has 4 aliphatic carbocycles. The Morgan fingerprint density at radius 1 is 1.10 bits per heavy atom. The van der Waals surface area contributed by atoms with E-state index in [-0.39, 0.29) is 12.1 Å². The van der Waals surface area contributed by atoms with Crippen LogP contribution in [0.25, 0.3) is 0 Å². The van der Waals surface area contributed by atoms with Crippen molar-refractivity contribution >= 4 is 5.97 Å². The summed E-state index contributed by atoms with van der Waals surface area (Å²) >= 11 is 0. The molecule has 166 valence electrons. The molecule has 0 aromatic carbocycles. The number of esters is 1. The maximum atomic E-state index is 11.7. The van der Waals surface area contributed by atoms with E-state index in [1.807, 2.05) is 0 Å². The van der Waals surface area contributed by atoms with Gasteiger partial charge in [0.1, 0.15) is 0 Å². The number of hydrogen-bond acceptors (Lipinski definition) is 4. The first kappa shape index (κ1) is 21.6. The highest BCUT2D eigenvalue weighted by atomic mass is 16.5. The van der Waals surface area contributed by atoms with E-state index in [0.29, 0.717) is 58.8 Å². The van der Waals surface area contributed by atoms with Crippen molar-refractivity contribution in [2.75, 3.05) is 7.11 Å². The van der Waals surface area contributed by atoms with Crippen LogP contribution in [-0.2, 0) is 9.53 Å². The van der Waals surface area contributed by atoms with Gasteiger partial charge in [0, 0.05) is 12.5 Å². The molecule has 0 spiro atoms. The van der Waals surface area contributed by atoms with E-state index in [9.17, 15) is 9.90 Å². The number of nitrogens with two attached hydrogens (primary N) is 1. The predicted octanol–water partition coefficient (Wildman–Crippen LogP) is 4.53. The van der Waals surface area contributed by atoms with Crippen LogP contribution in [0, 0.1) is 46.3 Å². The van der Waals surface area contributed by atoms with Crippen LogP contribution in [0.5, 0.6) is 0 Å². The van der Waals surface area contributed by atoms with Crippen molar-refractivity contribution < 1.29 is 14.6 Å². The molecule has 29 heavy (non-hydrogen) atoms. The molecule has 4 nitrogen and oxygen atoms in total. The lowest BCUT2D eigenvalue weighted by Gasteiger charge is -2.62. The van der Waals surface area contributed by atoms with Crippen molar-refractivity contribution in [2.24, 2.45) is 52.1 Å². The van der Waals surface area contributed by atoms with Crippen molar-refractivity contribution in [2.45, 2.75) is 97.1 Å². The molecular formula is C25H43NO3. The molecule has 0 aromatic rings. The summed E-state index contributed by atoms with van der Waals surface area (Å²) in [6.45, 7) is 7.38. The van der Waals surface area contributed by atoms with E-state index in [1.54, 1.807) is 0 Å². The van der Waals surface area contributed by atoms with Gasteiger partial charge in [0.15, 0.2) is 0 Å². The number of rotatable bonds is 4. The van der Waals surface area contributed by atoms with E-state index in [1.165, 1.54) is 39.2 Å². The summed E-state index contributed by atoms with van der Waals surface area (Å²) in [7, 11) is 1.48. The largest absolute Gasteiger partial charge is 0.469 e. The molecule has 4 fully saturated rings. The zero-order chi connectivity index (χ0) is 21.0. The van der Waals surface area contributed by atoms with Gasteiger partial charge in [0.2, 0.25) is 0 Å². The van der Waals surface area contributed by atoms with Crippen LogP contribution in [0.3, 0.4) is 0 Å². The molecule has 3 N–H and O–H groups in total. The summed E-state index contributed by atoms with van der Waals surface area (Å²) in [6, 6.07) is 0.331. The van der Waals surface area contributed by atoms with Crippen molar-refractivity contribution in [3.8, 4) is 0 Å². The Kier molecular flexibility index (Phi) is 5.83. The molecule has 0 amide bonds. The lowest BCUT2D eigenvalue weighted by atomic mass is 9.43. The quantitative estimate of drug-likeness (QED) is 0.674. The van der Waals surface area contributed by atoms with Gasteiger partial charge >= 0.3 is 5.97 Å². The highest BCUT2D eigenvalue weighted by molar-refractivity contribution is 5.69. The fourth-order valence-corrected chi connectivity index (χ4v) is 8.88. The van der Waals surface area contributed by atoms with Crippen molar-refractivity contribution in [1.82, 2.24) is 0 Å². The minimum absolute atomic E-state index is 0.0857. The first-order valence-corrected chi connectivity index (χ1v) is 12.2. The zero-order valence-corrected chi connectivity index (χ0v) is 19.0. The minimum atomic E-state index is -0.155. The van der Waals surface area contributed by atoms with Crippen molar-refractivity contribution in [1.29, 1.82) is 0 Å². The van der Waals surface area contributed by atoms with E-state index >= 15 is 0 Å². The smallest absolute Gasteiger partial charge is 0.305 e. The van der Waals surface area contributed by atoms with Crippen LogP contribution in [0.2, 0.25) is 0 Å². The molecule has 0 radical (unpaired) electrons. The number of aliphatic hydroxyl groups excluding tert-OH is 1. The van der Waals surface area contributed by atoms with E-state index in [4.69, 9.17) is 10.5 Å². The summed E-state index contributed by atoms with van der Waals surface area (Å²) in [5.41, 5.74) is 7.00. The maximum absolute atomic E-state index is 11.7. The Hall–Kier alpha value is -0.610. The minimum Gasteiger partial charge on any atom is -0.469 e. The van der Waals surface area contributed by atoms with Crippen LogP contribution < -0.4 is 5.73 Å². The van der Waals surface area contributed by atoms with Crippen LogP contribution in [0.4, 0.5) is 0 Å². The molecule has 0 bridgehead atoms. The number of hydrogen-bond donors (Lipinski definition) is 2. The molecule has 0 aliphatic heterocycles. The fourth-order valence-electron chi connectivity index (χ4n) is 8.88. The second kappa shape index (κ2) is 7.82. The summed E-state index contributed by atoms with van der Waals surface area (Å²) in [6.07, 6.45) is 10.8. The number of aliphatic hydroxyl groups is 1. The third-order valence-electron chi connectivity index (χ3n) is 10.5. The normalized spacial score (nSPS) is 50.2. The van der Waals surface area contributed by atoms with Crippen LogP contribution >= 0.6 is 0 Å². The molecule has 0 saturated heterocycles. The number of fused-ring (bicyclic) bond motifs is 5. The lowest BCUT2D eigenvalue weighted by Crippen LogP contribution is -2.59. The number of methoxy groups -OCH3 is 1. The summed E-state index contributed by atoms with van der Waals surface area (Å²) in [4.78, 5) is 11.7. The van der Waals surface area contributed by atoms with Gasteiger partial charge in [-0.25, -0.2) is 0 Å². The monoisotopic (exact) mass is 405 g/mol. The molecule has 4 unspecified atom stereocenters. The van der Waals surface area contributed by atoms with Crippen molar-refractivity contribution in [3.63, 3.8) is 0 Å². The van der Waals surface area contributed by atoms with E-state index in [2.05, 4.69) is 20.8 Å². The van der Waals surface area contributed by atoms with E-state index < -0.39 is 0 Å². The average molecular weight is 406 g/mol. The topological polar surface area (TPSA) is 72.5 Å². The lowest BCUT2D eigenvalue weighted by molar-refractivity contribution is -0.166. The standard InChI is InChI=1S/C25H43NO3/c1-15(5-8-22(28)29-4)18-6-7-19-23-20(10-12-25(18,19)3)24(2)11-9-17(26)13-16(24)14-21(23)27/h15-21,23,27H,5-14,26H2,1-4H3/t15?,16-,17-,18+,19?,20?,21+,23?,24-,25+/m0/s1. The molecule has 0 aromatic heterocycles. The zero-order valence-electron chi connectivity index (χ0n) is 19.0. The van der Waals surface area contributed by atoms with Crippen LogP contribution in [-0.4, -0.2) is 30.3 Å². The van der Waals surface area contributed by atoms with Crippen LogP contribution in [0.1, 0.15) is 85.0 Å². The maximum Gasteiger partial charge on any atom is 0.305 e. The summed E-state index contributed by atoms with van der Waals surface area (Å²) in [5.74, 6) is 3.47. The summed E-state index contributed by atoms with van der Waals surface area (Å²) < 4.78 is 4.87. The number of carbonyl (C=O) groups is 1. The Morgan fingerprint density at radius 3 is 2.52 bits per heavy atom. The third kappa shape index (κ3) is 3.46. The predicted molar refractivity (Wildman–Crippen MR) is 115 cm³/mol. The van der Waals surface area contributed by atoms with Gasteiger partial charge < -0.3 is 15.6 Å². The molecule has 4 aliphatic rings. The molecule has 0 heterocycles. The van der Waals surface area contributed by atoms with Gasteiger partial charge in [0.25, 0.3) is 0 Å². The van der Waals surface area contributed by atoms with Gasteiger partial charge in [-0.2, -0.15) is 0 Å². The van der Waals surface area contributed by atoms with E-state index in [0.717, 1.165) is 25.7 Å². The van der Waals surface area contributed by atoms with Gasteiger partial charge in [-0.15, -0.1) is 0 Å². The second-order valence-electron chi connectivity index (χ2n) is 11.7. The SMILES string of the molecule is COC(=O)CCC(C)[C@H]1CCC2C3C(CC[C@@]21C)[C@@]1(C)CC[C@H](N)C[C@H]1C[C@H]3O. The van der Waals surface area contributed by atoms with Gasteiger partial charge in [-0.05, 0) is 104 Å².